The maximum Gasteiger partial charge on any atom is 0.328 e. The Labute approximate surface area is 136 Å². The molecule has 1 amide bonds. The first-order valence-corrected chi connectivity index (χ1v) is 9.29. The van der Waals surface area contributed by atoms with Crippen molar-refractivity contribution in [3.8, 4) is 0 Å². The van der Waals surface area contributed by atoms with Crippen molar-refractivity contribution in [1.82, 2.24) is 4.90 Å². The van der Waals surface area contributed by atoms with Crippen LogP contribution in [0.2, 0.25) is 0 Å². The summed E-state index contributed by atoms with van der Waals surface area (Å²) in [5.74, 6) is -0.873. The summed E-state index contributed by atoms with van der Waals surface area (Å²) < 4.78 is 28.2. The van der Waals surface area contributed by atoms with E-state index in [4.69, 9.17) is 4.74 Å². The molecule has 1 aromatic rings. The predicted octanol–water partition coefficient (Wildman–Crippen LogP) is 0.806. The number of benzene rings is 1. The van der Waals surface area contributed by atoms with Crippen molar-refractivity contribution in [2.24, 2.45) is 0 Å². The van der Waals surface area contributed by atoms with Gasteiger partial charge in [-0.05, 0) is 18.9 Å². The average Bonchev–Trinajstić information content (AvgIpc) is 2.87. The number of amides is 1. The lowest BCUT2D eigenvalue weighted by atomic mass is 10.1. The van der Waals surface area contributed by atoms with Gasteiger partial charge in [-0.2, -0.15) is 0 Å². The second-order valence-corrected chi connectivity index (χ2v) is 7.95. The third kappa shape index (κ3) is 4.31. The van der Waals surface area contributed by atoms with Gasteiger partial charge in [0.2, 0.25) is 5.91 Å². The second-order valence-electron chi connectivity index (χ2n) is 5.72. The topological polar surface area (TPSA) is 80.8 Å². The van der Waals surface area contributed by atoms with Crippen LogP contribution in [-0.2, 0) is 30.6 Å². The molecule has 7 heteroatoms. The van der Waals surface area contributed by atoms with Gasteiger partial charge < -0.3 is 9.64 Å². The van der Waals surface area contributed by atoms with E-state index in [0.29, 0.717) is 6.42 Å². The van der Waals surface area contributed by atoms with Crippen LogP contribution in [0.4, 0.5) is 0 Å². The SMILES string of the molecule is COC(=O)[C@@H](C)N(C(=O)Cc1ccccc1)[C@@H]1CCS(=O)(=O)C1. The summed E-state index contributed by atoms with van der Waals surface area (Å²) >= 11 is 0. The van der Waals surface area contributed by atoms with Crippen LogP contribution in [0.5, 0.6) is 0 Å². The fourth-order valence-electron chi connectivity index (χ4n) is 2.88. The lowest BCUT2D eigenvalue weighted by Crippen LogP contribution is -2.50. The first-order chi connectivity index (χ1) is 10.8. The van der Waals surface area contributed by atoms with Gasteiger partial charge >= 0.3 is 5.97 Å². The van der Waals surface area contributed by atoms with E-state index in [2.05, 4.69) is 0 Å². The van der Waals surface area contributed by atoms with E-state index in [1.165, 1.54) is 12.0 Å². The molecule has 1 aliphatic rings. The van der Waals surface area contributed by atoms with E-state index in [9.17, 15) is 18.0 Å². The Balaban J connectivity index is 2.22. The van der Waals surface area contributed by atoms with Crippen LogP contribution < -0.4 is 0 Å². The largest absolute Gasteiger partial charge is 0.467 e. The summed E-state index contributed by atoms with van der Waals surface area (Å²) in [5.41, 5.74) is 0.820. The highest BCUT2D eigenvalue weighted by molar-refractivity contribution is 7.91. The van der Waals surface area contributed by atoms with Gasteiger partial charge in [-0.15, -0.1) is 0 Å². The Hall–Kier alpha value is -1.89. The van der Waals surface area contributed by atoms with Gasteiger partial charge in [0.1, 0.15) is 6.04 Å². The monoisotopic (exact) mass is 339 g/mol. The lowest BCUT2D eigenvalue weighted by Gasteiger charge is -2.32. The first kappa shape index (κ1) is 17.5. The minimum absolute atomic E-state index is 0.0423. The second kappa shape index (κ2) is 7.12. The third-order valence-corrected chi connectivity index (χ3v) is 5.80. The van der Waals surface area contributed by atoms with Crippen LogP contribution in [0.1, 0.15) is 18.9 Å². The van der Waals surface area contributed by atoms with Gasteiger partial charge in [0.15, 0.2) is 9.84 Å². The maximum absolute atomic E-state index is 12.7. The molecule has 1 aromatic carbocycles. The zero-order chi connectivity index (χ0) is 17.0. The van der Waals surface area contributed by atoms with E-state index in [1.54, 1.807) is 6.92 Å². The molecule has 0 aliphatic carbocycles. The standard InChI is InChI=1S/C16H21NO5S/c1-12(16(19)22-2)17(14-8-9-23(20,21)11-14)15(18)10-13-6-4-3-5-7-13/h3-7,12,14H,8-11H2,1-2H3/t12-,14-/m1/s1. The first-order valence-electron chi connectivity index (χ1n) is 7.47. The molecular formula is C16H21NO5S. The van der Waals surface area contributed by atoms with Crippen LogP contribution in [0, 0.1) is 0 Å². The minimum atomic E-state index is -3.16. The molecule has 1 heterocycles. The Morgan fingerprint density at radius 2 is 1.96 bits per heavy atom. The van der Waals surface area contributed by atoms with Crippen molar-refractivity contribution in [2.45, 2.75) is 31.8 Å². The quantitative estimate of drug-likeness (QED) is 0.742. The number of sulfone groups is 1. The van der Waals surface area contributed by atoms with E-state index in [-0.39, 0.29) is 23.8 Å². The van der Waals surface area contributed by atoms with Crippen molar-refractivity contribution >= 4 is 21.7 Å². The molecule has 2 atom stereocenters. The summed E-state index contributed by atoms with van der Waals surface area (Å²) in [6.07, 6.45) is 0.475. The zero-order valence-electron chi connectivity index (χ0n) is 13.3. The van der Waals surface area contributed by atoms with E-state index >= 15 is 0 Å². The molecule has 6 nitrogen and oxygen atoms in total. The lowest BCUT2D eigenvalue weighted by molar-refractivity contribution is -0.153. The van der Waals surface area contributed by atoms with Gasteiger partial charge in [-0.25, -0.2) is 13.2 Å². The van der Waals surface area contributed by atoms with Crippen LogP contribution in [-0.4, -0.2) is 55.9 Å². The molecule has 0 unspecified atom stereocenters. The molecule has 23 heavy (non-hydrogen) atoms. The Morgan fingerprint density at radius 1 is 1.30 bits per heavy atom. The highest BCUT2D eigenvalue weighted by Crippen LogP contribution is 2.22. The number of nitrogens with zero attached hydrogens (tertiary/aromatic N) is 1. The van der Waals surface area contributed by atoms with Gasteiger partial charge in [0.25, 0.3) is 0 Å². The molecule has 0 aromatic heterocycles. The van der Waals surface area contributed by atoms with Gasteiger partial charge in [-0.1, -0.05) is 30.3 Å². The predicted molar refractivity (Wildman–Crippen MR) is 85.5 cm³/mol. The van der Waals surface area contributed by atoms with Crippen LogP contribution in [0.3, 0.4) is 0 Å². The molecule has 0 bridgehead atoms. The van der Waals surface area contributed by atoms with Crippen molar-refractivity contribution in [2.75, 3.05) is 18.6 Å². The molecule has 0 spiro atoms. The third-order valence-electron chi connectivity index (χ3n) is 4.05. The minimum Gasteiger partial charge on any atom is -0.467 e. The number of methoxy groups -OCH3 is 1. The van der Waals surface area contributed by atoms with Crippen molar-refractivity contribution < 1.29 is 22.7 Å². The van der Waals surface area contributed by atoms with Crippen LogP contribution in [0.25, 0.3) is 0 Å². The van der Waals surface area contributed by atoms with Gasteiger partial charge in [-0.3, -0.25) is 4.79 Å². The van der Waals surface area contributed by atoms with E-state index < -0.39 is 27.9 Å². The fraction of sp³-hybridized carbons (Fsp3) is 0.500. The van der Waals surface area contributed by atoms with Crippen molar-refractivity contribution in [3.63, 3.8) is 0 Å². The molecule has 0 radical (unpaired) electrons. The number of rotatable bonds is 5. The van der Waals surface area contributed by atoms with Gasteiger partial charge in [0.05, 0.1) is 25.0 Å². The summed E-state index contributed by atoms with van der Waals surface area (Å²) in [6, 6.07) is 7.87. The van der Waals surface area contributed by atoms with Gasteiger partial charge in [0, 0.05) is 6.04 Å². The van der Waals surface area contributed by atoms with Crippen molar-refractivity contribution in [1.29, 1.82) is 0 Å². The number of esters is 1. The smallest absolute Gasteiger partial charge is 0.328 e. The molecule has 1 fully saturated rings. The number of ether oxygens (including phenoxy) is 1. The zero-order valence-corrected chi connectivity index (χ0v) is 14.1. The highest BCUT2D eigenvalue weighted by atomic mass is 32.2. The summed E-state index contributed by atoms with van der Waals surface area (Å²) in [6.45, 7) is 1.57. The molecule has 0 N–H and O–H groups in total. The van der Waals surface area contributed by atoms with E-state index in [1.807, 2.05) is 30.3 Å². The van der Waals surface area contributed by atoms with E-state index in [0.717, 1.165) is 5.56 Å². The Morgan fingerprint density at radius 3 is 2.48 bits per heavy atom. The number of hydrogen-bond donors (Lipinski definition) is 0. The van der Waals surface area contributed by atoms with Crippen molar-refractivity contribution in [3.05, 3.63) is 35.9 Å². The normalized spacial score (nSPS) is 20.7. The average molecular weight is 339 g/mol. The van der Waals surface area contributed by atoms with Crippen LogP contribution >= 0.6 is 0 Å². The Kier molecular flexibility index (Phi) is 5.41. The molecule has 0 saturated carbocycles. The van der Waals surface area contributed by atoms with Crippen LogP contribution in [0.15, 0.2) is 30.3 Å². The summed E-state index contributed by atoms with van der Waals surface area (Å²) in [4.78, 5) is 25.9. The fourth-order valence-corrected chi connectivity index (χ4v) is 4.59. The summed E-state index contributed by atoms with van der Waals surface area (Å²) in [5, 5.41) is 0. The molecule has 126 valence electrons. The number of hydrogen-bond acceptors (Lipinski definition) is 5. The Bertz CT molecular complexity index is 671. The number of carbonyl (C=O) groups excluding carboxylic acids is 2. The maximum atomic E-state index is 12.7. The molecule has 1 saturated heterocycles. The number of carbonyl (C=O) groups is 2. The molecule has 1 aliphatic heterocycles. The molecule has 2 rings (SSSR count). The summed E-state index contributed by atoms with van der Waals surface area (Å²) in [7, 11) is -1.90. The highest BCUT2D eigenvalue weighted by Gasteiger charge is 2.39. The molecular weight excluding hydrogens is 318 g/mol.